The Balaban J connectivity index is 2.30. The summed E-state index contributed by atoms with van der Waals surface area (Å²) in [4.78, 5) is 11.5. The normalized spacial score (nSPS) is 13.0. The first kappa shape index (κ1) is 19.5. The van der Waals surface area contributed by atoms with Gasteiger partial charge in [-0.2, -0.15) is 0 Å². The fourth-order valence-electron chi connectivity index (χ4n) is 1.96. The number of carbonyl (C=O) groups is 1. The third-order valence-corrected chi connectivity index (χ3v) is 3.53. The average Bonchev–Trinajstić information content (AvgIpc) is 2.48. The minimum atomic E-state index is -0.819. The third-order valence-electron chi connectivity index (χ3n) is 3.53. The van der Waals surface area contributed by atoms with Crippen LogP contribution in [0.5, 0.6) is 5.75 Å². The molecule has 1 atom stereocenters. The zero-order valence-electron chi connectivity index (χ0n) is 15.0. The van der Waals surface area contributed by atoms with Gasteiger partial charge in [0, 0.05) is 6.42 Å². The molecule has 0 saturated carbocycles. The second-order valence-electron chi connectivity index (χ2n) is 7.35. The lowest BCUT2D eigenvalue weighted by Gasteiger charge is -2.19. The number of aliphatic hydroxyl groups excluding tert-OH is 1. The standard InChI is InChI=1S/C19H30O4/c1-14(2)6-11-18(21)23-13-16(20)12-22-17-9-7-15(8-10-17)19(3,4)5/h7-10,14,16,20H,6,11-13H2,1-5H3. The van der Waals surface area contributed by atoms with Gasteiger partial charge < -0.3 is 14.6 Å². The molecule has 0 aromatic heterocycles. The summed E-state index contributed by atoms with van der Waals surface area (Å²) in [6.45, 7) is 10.6. The summed E-state index contributed by atoms with van der Waals surface area (Å²) in [5.74, 6) is 0.891. The topological polar surface area (TPSA) is 55.8 Å². The Kier molecular flexibility index (Phi) is 7.56. The Morgan fingerprint density at radius 3 is 2.26 bits per heavy atom. The molecule has 0 amide bonds. The summed E-state index contributed by atoms with van der Waals surface area (Å²) in [6.07, 6.45) is 0.366. The molecule has 0 fully saturated rings. The molecule has 4 heteroatoms. The minimum absolute atomic E-state index is 0.0308. The van der Waals surface area contributed by atoms with E-state index in [-0.39, 0.29) is 24.6 Å². The first-order valence-corrected chi connectivity index (χ1v) is 8.25. The van der Waals surface area contributed by atoms with Gasteiger partial charge in [0.15, 0.2) is 0 Å². The predicted octanol–water partition coefficient (Wildman–Crippen LogP) is 3.70. The van der Waals surface area contributed by atoms with Gasteiger partial charge in [0.25, 0.3) is 0 Å². The van der Waals surface area contributed by atoms with Gasteiger partial charge in [-0.25, -0.2) is 0 Å². The summed E-state index contributed by atoms with van der Waals surface area (Å²) >= 11 is 0. The largest absolute Gasteiger partial charge is 0.491 e. The van der Waals surface area contributed by atoms with Crippen molar-refractivity contribution in [2.75, 3.05) is 13.2 Å². The highest BCUT2D eigenvalue weighted by Gasteiger charge is 2.14. The SMILES string of the molecule is CC(C)CCC(=O)OCC(O)COc1ccc(C(C)(C)C)cc1. The molecule has 4 nitrogen and oxygen atoms in total. The second-order valence-corrected chi connectivity index (χ2v) is 7.35. The molecule has 1 N–H and O–H groups in total. The van der Waals surface area contributed by atoms with E-state index >= 15 is 0 Å². The molecule has 1 aromatic rings. The number of carbonyl (C=O) groups excluding carboxylic acids is 1. The lowest BCUT2D eigenvalue weighted by Crippen LogP contribution is -2.25. The highest BCUT2D eigenvalue weighted by Crippen LogP contribution is 2.24. The molecular weight excluding hydrogens is 292 g/mol. The van der Waals surface area contributed by atoms with Crippen LogP contribution in [0.15, 0.2) is 24.3 Å². The summed E-state index contributed by atoms with van der Waals surface area (Å²) in [5, 5.41) is 9.82. The number of hydrogen-bond acceptors (Lipinski definition) is 4. The number of rotatable bonds is 8. The number of benzene rings is 1. The van der Waals surface area contributed by atoms with Crippen molar-refractivity contribution in [1.29, 1.82) is 0 Å². The van der Waals surface area contributed by atoms with Crippen LogP contribution >= 0.6 is 0 Å². The van der Waals surface area contributed by atoms with Crippen molar-refractivity contribution in [2.45, 2.75) is 59.0 Å². The molecule has 0 spiro atoms. The lowest BCUT2D eigenvalue weighted by atomic mass is 9.87. The first-order chi connectivity index (χ1) is 10.7. The third kappa shape index (κ3) is 8.03. The number of hydrogen-bond donors (Lipinski definition) is 1. The van der Waals surface area contributed by atoms with Gasteiger partial charge in [-0.15, -0.1) is 0 Å². The van der Waals surface area contributed by atoms with Gasteiger partial charge in [-0.3, -0.25) is 4.79 Å². The van der Waals surface area contributed by atoms with Gasteiger partial charge in [0.1, 0.15) is 25.1 Å². The van der Waals surface area contributed by atoms with Crippen LogP contribution in [0.4, 0.5) is 0 Å². The van der Waals surface area contributed by atoms with E-state index in [0.29, 0.717) is 18.1 Å². The zero-order chi connectivity index (χ0) is 17.5. The number of esters is 1. The Morgan fingerprint density at radius 2 is 1.74 bits per heavy atom. The maximum atomic E-state index is 11.5. The lowest BCUT2D eigenvalue weighted by molar-refractivity contribution is -0.147. The van der Waals surface area contributed by atoms with Crippen LogP contribution in [0.1, 0.15) is 53.0 Å². The van der Waals surface area contributed by atoms with Crippen molar-refractivity contribution in [1.82, 2.24) is 0 Å². The van der Waals surface area contributed by atoms with E-state index in [0.717, 1.165) is 6.42 Å². The van der Waals surface area contributed by atoms with E-state index in [2.05, 4.69) is 34.6 Å². The molecule has 1 aromatic carbocycles. The summed E-state index contributed by atoms with van der Waals surface area (Å²) in [6, 6.07) is 7.82. The van der Waals surface area contributed by atoms with E-state index in [4.69, 9.17) is 9.47 Å². The fourth-order valence-corrected chi connectivity index (χ4v) is 1.96. The van der Waals surface area contributed by atoms with Crippen molar-refractivity contribution in [2.24, 2.45) is 5.92 Å². The minimum Gasteiger partial charge on any atom is -0.491 e. The predicted molar refractivity (Wildman–Crippen MR) is 91.7 cm³/mol. The Hall–Kier alpha value is -1.55. The van der Waals surface area contributed by atoms with Gasteiger partial charge in [-0.05, 0) is 35.4 Å². The molecule has 0 bridgehead atoms. The Bertz CT molecular complexity index is 471. The molecule has 1 rings (SSSR count). The van der Waals surface area contributed by atoms with Crippen LogP contribution in [-0.2, 0) is 14.9 Å². The van der Waals surface area contributed by atoms with E-state index in [1.54, 1.807) is 0 Å². The Morgan fingerprint density at radius 1 is 1.13 bits per heavy atom. The average molecular weight is 322 g/mol. The van der Waals surface area contributed by atoms with E-state index in [9.17, 15) is 9.90 Å². The van der Waals surface area contributed by atoms with E-state index < -0.39 is 6.10 Å². The quantitative estimate of drug-likeness (QED) is 0.741. The molecular formula is C19H30O4. The van der Waals surface area contributed by atoms with Crippen molar-refractivity contribution >= 4 is 5.97 Å². The van der Waals surface area contributed by atoms with Gasteiger partial charge in [0.2, 0.25) is 0 Å². The molecule has 0 saturated heterocycles. The molecule has 23 heavy (non-hydrogen) atoms. The van der Waals surface area contributed by atoms with Crippen LogP contribution in [0.2, 0.25) is 0 Å². The Labute approximate surface area is 139 Å². The summed E-state index contributed by atoms with van der Waals surface area (Å²) in [5.41, 5.74) is 1.33. The second kappa shape index (κ2) is 8.92. The highest BCUT2D eigenvalue weighted by molar-refractivity contribution is 5.69. The zero-order valence-corrected chi connectivity index (χ0v) is 15.0. The van der Waals surface area contributed by atoms with Crippen LogP contribution in [-0.4, -0.2) is 30.4 Å². The number of ether oxygens (including phenoxy) is 2. The molecule has 1 unspecified atom stereocenters. The first-order valence-electron chi connectivity index (χ1n) is 8.25. The van der Waals surface area contributed by atoms with Crippen LogP contribution in [0.25, 0.3) is 0 Å². The molecule has 0 aliphatic heterocycles. The van der Waals surface area contributed by atoms with Crippen LogP contribution in [0.3, 0.4) is 0 Å². The molecule has 0 aliphatic rings. The van der Waals surface area contributed by atoms with Crippen molar-refractivity contribution in [3.05, 3.63) is 29.8 Å². The summed E-state index contributed by atoms with van der Waals surface area (Å²) < 4.78 is 10.6. The van der Waals surface area contributed by atoms with E-state index in [1.165, 1.54) is 5.56 Å². The van der Waals surface area contributed by atoms with Crippen LogP contribution in [0, 0.1) is 5.92 Å². The van der Waals surface area contributed by atoms with E-state index in [1.807, 2.05) is 24.3 Å². The monoisotopic (exact) mass is 322 g/mol. The maximum Gasteiger partial charge on any atom is 0.305 e. The van der Waals surface area contributed by atoms with Crippen molar-refractivity contribution < 1.29 is 19.4 Å². The number of aliphatic hydroxyl groups is 1. The summed E-state index contributed by atoms with van der Waals surface area (Å²) in [7, 11) is 0. The molecule has 130 valence electrons. The van der Waals surface area contributed by atoms with Crippen molar-refractivity contribution in [3.63, 3.8) is 0 Å². The smallest absolute Gasteiger partial charge is 0.305 e. The molecule has 0 heterocycles. The maximum absolute atomic E-state index is 11.5. The molecule has 0 aliphatic carbocycles. The van der Waals surface area contributed by atoms with Crippen LogP contribution < -0.4 is 4.74 Å². The fraction of sp³-hybridized carbons (Fsp3) is 0.632. The molecule has 0 radical (unpaired) electrons. The van der Waals surface area contributed by atoms with Gasteiger partial charge in [-0.1, -0.05) is 46.8 Å². The van der Waals surface area contributed by atoms with Gasteiger partial charge in [0.05, 0.1) is 0 Å². The van der Waals surface area contributed by atoms with Crippen molar-refractivity contribution in [3.8, 4) is 5.75 Å². The highest BCUT2D eigenvalue weighted by atomic mass is 16.5. The van der Waals surface area contributed by atoms with Gasteiger partial charge >= 0.3 is 5.97 Å².